The van der Waals surface area contributed by atoms with Gasteiger partial charge in [-0.25, -0.2) is 0 Å². The first-order valence-corrected chi connectivity index (χ1v) is 5.71. The van der Waals surface area contributed by atoms with E-state index in [1.54, 1.807) is 0 Å². The van der Waals surface area contributed by atoms with E-state index in [-0.39, 0.29) is 2.88 Å². The first-order chi connectivity index (χ1) is 5.61. The van der Waals surface area contributed by atoms with E-state index in [0.29, 0.717) is 0 Å². The molecule has 1 aromatic rings. The third-order valence-electron chi connectivity index (χ3n) is 2.12. The minimum Gasteiger partial charge on any atom is -0.351 e. The van der Waals surface area contributed by atoms with Crippen LogP contribution in [0.2, 0.25) is 0 Å². The lowest BCUT2D eigenvalue weighted by molar-refractivity contribution is 0.898. The van der Waals surface area contributed by atoms with E-state index in [1.807, 2.05) is 11.8 Å². The number of nitrogens with zero attached hydrogens (tertiary/aromatic N) is 1. The van der Waals surface area contributed by atoms with Crippen LogP contribution in [0, 0.1) is 0 Å². The SMILES string of the molecule is CN1c2ccccc2SC1(C)I. The fourth-order valence-corrected chi connectivity index (χ4v) is 3.37. The molecule has 3 heteroatoms. The van der Waals surface area contributed by atoms with E-state index in [0.717, 1.165) is 0 Å². The summed E-state index contributed by atoms with van der Waals surface area (Å²) in [5, 5.41) is 0. The van der Waals surface area contributed by atoms with Crippen LogP contribution >= 0.6 is 34.4 Å². The van der Waals surface area contributed by atoms with Gasteiger partial charge in [0, 0.05) is 11.9 Å². The summed E-state index contributed by atoms with van der Waals surface area (Å²) in [5.41, 5.74) is 1.35. The van der Waals surface area contributed by atoms with Gasteiger partial charge in [-0.3, -0.25) is 0 Å². The van der Waals surface area contributed by atoms with Gasteiger partial charge >= 0.3 is 0 Å². The molecule has 1 heterocycles. The summed E-state index contributed by atoms with van der Waals surface area (Å²) in [6.45, 7) is 2.23. The summed E-state index contributed by atoms with van der Waals surface area (Å²) in [6.07, 6.45) is 0. The molecule has 0 saturated carbocycles. The number of para-hydroxylation sites is 1. The molecule has 1 atom stereocenters. The van der Waals surface area contributed by atoms with Gasteiger partial charge in [0.2, 0.25) is 0 Å². The van der Waals surface area contributed by atoms with Crippen LogP contribution < -0.4 is 4.90 Å². The molecule has 1 aromatic carbocycles. The molecule has 0 radical (unpaired) electrons. The predicted molar refractivity (Wildman–Crippen MR) is 63.1 cm³/mol. The molecule has 0 aliphatic carbocycles. The van der Waals surface area contributed by atoms with Crippen LogP contribution in [0.4, 0.5) is 5.69 Å². The molecule has 0 N–H and O–H groups in total. The number of halogens is 1. The Balaban J connectivity index is 2.49. The Morgan fingerprint density at radius 1 is 1.42 bits per heavy atom. The Kier molecular flexibility index (Phi) is 2.03. The van der Waals surface area contributed by atoms with E-state index in [4.69, 9.17) is 0 Å². The summed E-state index contributed by atoms with van der Waals surface area (Å²) in [5.74, 6) is 0. The van der Waals surface area contributed by atoms with Crippen molar-refractivity contribution in [3.8, 4) is 0 Å². The fraction of sp³-hybridized carbons (Fsp3) is 0.333. The van der Waals surface area contributed by atoms with Gasteiger partial charge in [0.15, 0.2) is 0 Å². The number of hydrogen-bond donors (Lipinski definition) is 0. The van der Waals surface area contributed by atoms with Crippen molar-refractivity contribution in [2.75, 3.05) is 11.9 Å². The molecule has 0 saturated heterocycles. The molecule has 1 aliphatic heterocycles. The average Bonchev–Trinajstić information content (AvgIpc) is 2.24. The second-order valence-electron chi connectivity index (χ2n) is 3.00. The highest BCUT2D eigenvalue weighted by atomic mass is 127. The van der Waals surface area contributed by atoms with Crippen molar-refractivity contribution in [3.05, 3.63) is 24.3 Å². The van der Waals surface area contributed by atoms with Gasteiger partial charge < -0.3 is 4.90 Å². The van der Waals surface area contributed by atoms with Crippen LogP contribution in [0.1, 0.15) is 6.92 Å². The number of anilines is 1. The number of benzene rings is 1. The Bertz CT molecular complexity index is 311. The molecule has 1 unspecified atom stereocenters. The van der Waals surface area contributed by atoms with Gasteiger partial charge in [-0.1, -0.05) is 23.9 Å². The van der Waals surface area contributed by atoms with Gasteiger partial charge in [-0.2, -0.15) is 0 Å². The third-order valence-corrected chi connectivity index (χ3v) is 4.72. The van der Waals surface area contributed by atoms with Crippen LogP contribution in [0.3, 0.4) is 0 Å². The lowest BCUT2D eigenvalue weighted by Crippen LogP contribution is -2.30. The van der Waals surface area contributed by atoms with Gasteiger partial charge in [-0.15, -0.1) is 0 Å². The maximum Gasteiger partial charge on any atom is 0.140 e. The molecule has 12 heavy (non-hydrogen) atoms. The molecule has 0 amide bonds. The predicted octanol–water partition coefficient (Wildman–Crippen LogP) is 3.34. The topological polar surface area (TPSA) is 3.24 Å². The lowest BCUT2D eigenvalue weighted by Gasteiger charge is -2.26. The van der Waals surface area contributed by atoms with E-state index >= 15 is 0 Å². The number of alkyl halides is 1. The first kappa shape index (κ1) is 8.69. The van der Waals surface area contributed by atoms with Gasteiger partial charge in [0.1, 0.15) is 2.88 Å². The van der Waals surface area contributed by atoms with Gasteiger partial charge in [0.25, 0.3) is 0 Å². The van der Waals surface area contributed by atoms with Crippen molar-refractivity contribution in [1.29, 1.82) is 0 Å². The highest BCUT2D eigenvalue weighted by molar-refractivity contribution is 14.1. The molecule has 2 rings (SSSR count). The monoisotopic (exact) mass is 291 g/mol. The molecule has 0 spiro atoms. The average molecular weight is 291 g/mol. The number of rotatable bonds is 0. The minimum absolute atomic E-state index is 0.182. The van der Waals surface area contributed by atoms with Crippen molar-refractivity contribution in [2.24, 2.45) is 0 Å². The van der Waals surface area contributed by atoms with Crippen LogP contribution in [-0.4, -0.2) is 9.93 Å². The summed E-state index contributed by atoms with van der Waals surface area (Å²) >= 11 is 4.39. The fourth-order valence-electron chi connectivity index (χ4n) is 1.30. The lowest BCUT2D eigenvalue weighted by atomic mass is 10.3. The Labute approximate surface area is 90.7 Å². The van der Waals surface area contributed by atoms with Crippen LogP contribution in [0.25, 0.3) is 0 Å². The Morgan fingerprint density at radius 2 is 2.08 bits per heavy atom. The number of thioether (sulfide) groups is 1. The van der Waals surface area contributed by atoms with Crippen LogP contribution in [0.15, 0.2) is 29.2 Å². The third kappa shape index (κ3) is 1.23. The zero-order valence-corrected chi connectivity index (χ0v) is 10.0. The number of fused-ring (bicyclic) bond motifs is 1. The smallest absolute Gasteiger partial charge is 0.140 e. The second kappa shape index (κ2) is 2.80. The van der Waals surface area contributed by atoms with Crippen LogP contribution in [-0.2, 0) is 0 Å². The quantitative estimate of drug-likeness (QED) is 0.410. The summed E-state index contributed by atoms with van der Waals surface area (Å²) < 4.78 is 0.182. The van der Waals surface area contributed by atoms with E-state index < -0.39 is 0 Å². The van der Waals surface area contributed by atoms with E-state index in [1.165, 1.54) is 10.6 Å². The van der Waals surface area contributed by atoms with E-state index in [9.17, 15) is 0 Å². The van der Waals surface area contributed by atoms with Crippen molar-refractivity contribution in [1.82, 2.24) is 0 Å². The first-order valence-electron chi connectivity index (χ1n) is 3.82. The largest absolute Gasteiger partial charge is 0.351 e. The highest BCUT2D eigenvalue weighted by Gasteiger charge is 2.35. The van der Waals surface area contributed by atoms with Crippen molar-refractivity contribution < 1.29 is 0 Å². The maximum absolute atomic E-state index is 2.48. The molecule has 0 aromatic heterocycles. The molecule has 0 bridgehead atoms. The normalized spacial score (nSPS) is 27.4. The maximum atomic E-state index is 2.48. The summed E-state index contributed by atoms with van der Waals surface area (Å²) in [6, 6.07) is 8.54. The molecular weight excluding hydrogens is 281 g/mol. The molecular formula is C9H10INS. The number of hydrogen-bond acceptors (Lipinski definition) is 2. The van der Waals surface area contributed by atoms with Gasteiger partial charge in [-0.05, 0) is 41.6 Å². The highest BCUT2D eigenvalue weighted by Crippen LogP contribution is 2.52. The van der Waals surface area contributed by atoms with Crippen molar-refractivity contribution >= 4 is 40.0 Å². The Morgan fingerprint density at radius 3 is 2.75 bits per heavy atom. The zero-order valence-electron chi connectivity index (χ0n) is 7.04. The standard InChI is InChI=1S/C9H10INS/c1-9(10)11(2)7-5-3-4-6-8(7)12-9/h3-6H,1-2H3. The Hall–Kier alpha value is 0.1000. The van der Waals surface area contributed by atoms with E-state index in [2.05, 4.69) is 65.7 Å². The second-order valence-corrected chi connectivity index (χ2v) is 7.27. The zero-order chi connectivity index (χ0) is 8.77. The molecule has 64 valence electrons. The minimum atomic E-state index is 0.182. The molecule has 0 fully saturated rings. The summed E-state index contributed by atoms with van der Waals surface area (Å²) in [4.78, 5) is 3.70. The van der Waals surface area contributed by atoms with Crippen LogP contribution in [0.5, 0.6) is 0 Å². The van der Waals surface area contributed by atoms with Crippen molar-refractivity contribution in [3.63, 3.8) is 0 Å². The summed E-state index contributed by atoms with van der Waals surface area (Å²) in [7, 11) is 2.14. The molecule has 1 aliphatic rings. The molecule has 1 nitrogen and oxygen atoms in total. The van der Waals surface area contributed by atoms with Crippen molar-refractivity contribution in [2.45, 2.75) is 14.7 Å². The van der Waals surface area contributed by atoms with Gasteiger partial charge in [0.05, 0.1) is 5.69 Å².